The minimum absolute atomic E-state index is 0.639. The Morgan fingerprint density at radius 1 is 1.20 bits per heavy atom. The van der Waals surface area contributed by atoms with E-state index in [9.17, 15) is 0 Å². The smallest absolute Gasteiger partial charge is 0.165 e. The van der Waals surface area contributed by atoms with Crippen LogP contribution in [0, 0.1) is 0 Å². The topological polar surface area (TPSA) is 43.4 Å². The Bertz CT molecular complexity index is 819. The van der Waals surface area contributed by atoms with Gasteiger partial charge in [0.05, 0.1) is 6.61 Å². The molecule has 0 aliphatic carbocycles. The van der Waals surface area contributed by atoms with Crippen LogP contribution in [0.4, 0.5) is 0 Å². The summed E-state index contributed by atoms with van der Waals surface area (Å²) >= 11 is 1.76. The maximum Gasteiger partial charge on any atom is 0.165 e. The van der Waals surface area contributed by atoms with Crippen LogP contribution in [0.2, 0.25) is 0 Å². The maximum atomic E-state index is 6.13. The second-order valence-electron chi connectivity index (χ2n) is 5.91. The van der Waals surface area contributed by atoms with Gasteiger partial charge in [-0.25, -0.2) is 0 Å². The first-order chi connectivity index (χ1) is 12.4. The fourth-order valence-corrected chi connectivity index (χ4v) is 3.62. The minimum Gasteiger partial charge on any atom is -0.489 e. The number of fused-ring (bicyclic) bond motifs is 1. The molecule has 1 N–H and O–H groups in total. The van der Waals surface area contributed by atoms with Gasteiger partial charge in [-0.15, -0.1) is 11.3 Å². The Morgan fingerprint density at radius 2 is 2.20 bits per heavy atom. The first-order valence-corrected chi connectivity index (χ1v) is 9.34. The lowest BCUT2D eigenvalue weighted by atomic mass is 10.0. The standard InChI is InChI=1S/C20H20N2O2S/c1-3-15(13-21-6-1)16-11-17-14-22-7-9-24-20(17)19(12-16)23-8-5-18-4-2-10-25-18/h1-4,6,10-13,22H,5,7-9,14H2. The fraction of sp³-hybridized carbons (Fsp3) is 0.250. The van der Waals surface area contributed by atoms with Crippen LogP contribution in [0.25, 0.3) is 11.1 Å². The number of rotatable bonds is 5. The maximum absolute atomic E-state index is 6.13. The first-order valence-electron chi connectivity index (χ1n) is 8.46. The summed E-state index contributed by atoms with van der Waals surface area (Å²) in [6.07, 6.45) is 4.57. The molecule has 0 amide bonds. The van der Waals surface area contributed by atoms with Gasteiger partial charge >= 0.3 is 0 Å². The number of nitrogens with zero attached hydrogens (tertiary/aromatic N) is 1. The van der Waals surface area contributed by atoms with Crippen LogP contribution in [0.5, 0.6) is 11.5 Å². The molecule has 0 radical (unpaired) electrons. The van der Waals surface area contributed by atoms with Crippen LogP contribution in [0.3, 0.4) is 0 Å². The molecule has 1 aliphatic rings. The average molecular weight is 352 g/mol. The van der Waals surface area contributed by atoms with Crippen molar-refractivity contribution >= 4 is 11.3 Å². The van der Waals surface area contributed by atoms with Gasteiger partial charge in [0.2, 0.25) is 0 Å². The van der Waals surface area contributed by atoms with Gasteiger partial charge in [0.1, 0.15) is 6.61 Å². The molecular weight excluding hydrogens is 332 g/mol. The quantitative estimate of drug-likeness (QED) is 0.756. The van der Waals surface area contributed by atoms with E-state index in [1.165, 1.54) is 4.88 Å². The van der Waals surface area contributed by atoms with Crippen LogP contribution in [-0.2, 0) is 13.0 Å². The molecular formula is C20H20N2O2S. The van der Waals surface area contributed by atoms with Gasteiger partial charge < -0.3 is 14.8 Å². The van der Waals surface area contributed by atoms with E-state index in [1.807, 2.05) is 12.3 Å². The van der Waals surface area contributed by atoms with Crippen molar-refractivity contribution in [3.05, 3.63) is 64.6 Å². The number of pyridine rings is 1. The molecule has 2 aromatic heterocycles. The zero-order valence-corrected chi connectivity index (χ0v) is 14.7. The van der Waals surface area contributed by atoms with Crippen molar-refractivity contribution in [3.63, 3.8) is 0 Å². The highest BCUT2D eigenvalue weighted by Crippen LogP contribution is 2.37. The number of nitrogens with one attached hydrogen (secondary N) is 1. The van der Waals surface area contributed by atoms with E-state index in [2.05, 4.69) is 46.0 Å². The predicted molar refractivity (Wildman–Crippen MR) is 100 cm³/mol. The van der Waals surface area contributed by atoms with Gasteiger partial charge in [0.25, 0.3) is 0 Å². The Labute approximate surface area is 151 Å². The zero-order valence-electron chi connectivity index (χ0n) is 13.9. The lowest BCUT2D eigenvalue weighted by Gasteiger charge is -2.16. The van der Waals surface area contributed by atoms with Crippen LogP contribution < -0.4 is 14.8 Å². The summed E-state index contributed by atoms with van der Waals surface area (Å²) in [5, 5.41) is 5.49. The molecule has 4 nitrogen and oxygen atoms in total. The summed E-state index contributed by atoms with van der Waals surface area (Å²) in [5.74, 6) is 1.68. The second-order valence-corrected chi connectivity index (χ2v) is 6.94. The molecule has 1 aromatic carbocycles. The molecule has 5 heteroatoms. The van der Waals surface area contributed by atoms with Crippen LogP contribution in [0.15, 0.2) is 54.2 Å². The molecule has 128 valence electrons. The molecule has 0 fully saturated rings. The molecule has 0 unspecified atom stereocenters. The van der Waals surface area contributed by atoms with E-state index in [4.69, 9.17) is 9.47 Å². The van der Waals surface area contributed by atoms with Crippen LogP contribution >= 0.6 is 11.3 Å². The highest BCUT2D eigenvalue weighted by atomic mass is 32.1. The van der Waals surface area contributed by atoms with Crippen molar-refractivity contribution in [2.45, 2.75) is 13.0 Å². The number of thiophene rings is 1. The Kier molecular flexibility index (Phi) is 4.95. The largest absolute Gasteiger partial charge is 0.489 e. The monoisotopic (exact) mass is 352 g/mol. The van der Waals surface area contributed by atoms with E-state index < -0.39 is 0 Å². The van der Waals surface area contributed by atoms with E-state index in [0.29, 0.717) is 13.2 Å². The minimum atomic E-state index is 0.639. The number of ether oxygens (including phenoxy) is 2. The molecule has 0 atom stereocenters. The van der Waals surface area contributed by atoms with Gasteiger partial charge in [0, 0.05) is 47.9 Å². The molecule has 1 aliphatic heterocycles. The third kappa shape index (κ3) is 3.83. The van der Waals surface area contributed by atoms with Crippen LogP contribution in [0.1, 0.15) is 10.4 Å². The zero-order chi connectivity index (χ0) is 16.9. The number of hydrogen-bond donors (Lipinski definition) is 1. The number of hydrogen-bond acceptors (Lipinski definition) is 5. The Balaban J connectivity index is 1.63. The lowest BCUT2D eigenvalue weighted by molar-refractivity contribution is 0.275. The lowest BCUT2D eigenvalue weighted by Crippen LogP contribution is -2.16. The summed E-state index contributed by atoms with van der Waals surface area (Å²) in [7, 11) is 0. The summed E-state index contributed by atoms with van der Waals surface area (Å²) in [5.41, 5.74) is 3.31. The third-order valence-corrected chi connectivity index (χ3v) is 5.09. The van der Waals surface area contributed by atoms with Crippen molar-refractivity contribution in [2.24, 2.45) is 0 Å². The summed E-state index contributed by atoms with van der Waals surface area (Å²) in [6.45, 7) is 2.91. The second kappa shape index (κ2) is 7.68. The predicted octanol–water partition coefficient (Wildman–Crippen LogP) is 3.91. The Morgan fingerprint density at radius 3 is 3.04 bits per heavy atom. The van der Waals surface area contributed by atoms with Gasteiger partial charge in [-0.1, -0.05) is 12.1 Å². The van der Waals surface area contributed by atoms with Gasteiger partial charge in [-0.05, 0) is 35.2 Å². The molecule has 0 bridgehead atoms. The van der Waals surface area contributed by atoms with Crippen molar-refractivity contribution < 1.29 is 9.47 Å². The molecule has 25 heavy (non-hydrogen) atoms. The SMILES string of the molecule is c1cncc(-c2cc3c(c(OCCc4cccs4)c2)OCCNC3)c1. The fourth-order valence-electron chi connectivity index (χ4n) is 2.93. The van der Waals surface area contributed by atoms with Gasteiger partial charge in [-0.2, -0.15) is 0 Å². The molecule has 3 aromatic rings. The molecule has 4 rings (SSSR count). The number of aromatic nitrogens is 1. The highest BCUT2D eigenvalue weighted by Gasteiger charge is 2.17. The van der Waals surface area contributed by atoms with Crippen molar-refractivity contribution in [1.82, 2.24) is 10.3 Å². The van der Waals surface area contributed by atoms with Gasteiger partial charge in [-0.3, -0.25) is 4.98 Å². The molecule has 0 saturated heterocycles. The van der Waals surface area contributed by atoms with Crippen molar-refractivity contribution in [2.75, 3.05) is 19.8 Å². The third-order valence-electron chi connectivity index (χ3n) is 4.15. The first kappa shape index (κ1) is 16.1. The number of benzene rings is 1. The highest BCUT2D eigenvalue weighted by molar-refractivity contribution is 7.09. The average Bonchev–Trinajstić information content (AvgIpc) is 3.05. The summed E-state index contributed by atoms with van der Waals surface area (Å²) in [6, 6.07) is 12.5. The van der Waals surface area contributed by atoms with Crippen molar-refractivity contribution in [3.8, 4) is 22.6 Å². The van der Waals surface area contributed by atoms with Crippen molar-refractivity contribution in [1.29, 1.82) is 0 Å². The van der Waals surface area contributed by atoms with E-state index in [0.717, 1.165) is 47.7 Å². The summed E-state index contributed by atoms with van der Waals surface area (Å²) in [4.78, 5) is 5.56. The normalized spacial score (nSPS) is 13.6. The van der Waals surface area contributed by atoms with E-state index >= 15 is 0 Å². The molecule has 0 saturated carbocycles. The molecule has 3 heterocycles. The summed E-state index contributed by atoms with van der Waals surface area (Å²) < 4.78 is 12.1. The van der Waals surface area contributed by atoms with Gasteiger partial charge in [0.15, 0.2) is 11.5 Å². The molecule has 0 spiro atoms. The van der Waals surface area contributed by atoms with E-state index in [-0.39, 0.29) is 0 Å². The van der Waals surface area contributed by atoms with E-state index in [1.54, 1.807) is 17.5 Å². The Hall–Kier alpha value is -2.37. The van der Waals surface area contributed by atoms with Crippen LogP contribution in [-0.4, -0.2) is 24.7 Å².